The van der Waals surface area contributed by atoms with Crippen molar-refractivity contribution >= 4 is 27.5 Å². The first-order valence-electron chi connectivity index (χ1n) is 6.26. The van der Waals surface area contributed by atoms with Crippen LogP contribution in [0.4, 0.5) is 14.5 Å². The first kappa shape index (κ1) is 17.5. The van der Waals surface area contributed by atoms with E-state index in [0.29, 0.717) is 30.3 Å². The minimum atomic E-state index is -1.36. The molecular formula is C13H15BrF2N2O3. The number of nitrogens with zero attached hydrogens (tertiary/aromatic N) is 1. The van der Waals surface area contributed by atoms with Gasteiger partial charge in [0.15, 0.2) is 11.6 Å². The van der Waals surface area contributed by atoms with Gasteiger partial charge in [-0.2, -0.15) is 0 Å². The molecule has 1 aromatic rings. The summed E-state index contributed by atoms with van der Waals surface area (Å²) in [6, 6.07) is 0.963. The van der Waals surface area contributed by atoms with E-state index in [1.54, 1.807) is 6.92 Å². The van der Waals surface area contributed by atoms with Crippen molar-refractivity contribution < 1.29 is 18.5 Å². The summed E-state index contributed by atoms with van der Waals surface area (Å²) in [6.07, 6.45) is 1.18. The van der Waals surface area contributed by atoms with Crippen LogP contribution in [-0.4, -0.2) is 21.7 Å². The van der Waals surface area contributed by atoms with Gasteiger partial charge in [-0.25, -0.2) is 8.78 Å². The molecule has 0 bridgehead atoms. The van der Waals surface area contributed by atoms with Gasteiger partial charge in [-0.1, -0.05) is 22.9 Å². The Morgan fingerprint density at radius 1 is 1.43 bits per heavy atom. The number of rotatable bonds is 6. The fourth-order valence-corrected chi connectivity index (χ4v) is 2.62. The maximum atomic E-state index is 13.3. The monoisotopic (exact) mass is 364 g/mol. The van der Waals surface area contributed by atoms with E-state index < -0.39 is 39.3 Å². The number of benzene rings is 1. The van der Waals surface area contributed by atoms with E-state index in [0.717, 1.165) is 0 Å². The average Bonchev–Trinajstić information content (AvgIpc) is 2.41. The third-order valence-electron chi connectivity index (χ3n) is 3.32. The lowest BCUT2D eigenvalue weighted by molar-refractivity contribution is -0.385. The number of nitro groups is 1. The summed E-state index contributed by atoms with van der Waals surface area (Å²) in [4.78, 5) is 22.1. The third-order valence-corrected chi connectivity index (χ3v) is 3.72. The van der Waals surface area contributed by atoms with Gasteiger partial charge in [-0.05, 0) is 25.8 Å². The Labute approximate surface area is 129 Å². The van der Waals surface area contributed by atoms with Gasteiger partial charge in [0, 0.05) is 10.9 Å². The van der Waals surface area contributed by atoms with Crippen LogP contribution >= 0.6 is 15.9 Å². The zero-order valence-corrected chi connectivity index (χ0v) is 13.2. The highest BCUT2D eigenvalue weighted by atomic mass is 79.9. The van der Waals surface area contributed by atoms with Gasteiger partial charge in [-0.3, -0.25) is 14.9 Å². The standard InChI is InChI=1S/C13H15BrF2N2O3/c1-3-13(2,4-5-14)17-12(19)8-6-9(15)10(16)7-11(8)18(20)21/h6-7H,3-5H2,1-2H3,(H,17,19). The molecule has 1 unspecified atom stereocenters. The molecule has 1 rings (SSSR count). The zero-order chi connectivity index (χ0) is 16.2. The Balaban J connectivity index is 3.18. The zero-order valence-electron chi connectivity index (χ0n) is 11.6. The lowest BCUT2D eigenvalue weighted by Gasteiger charge is -2.29. The Bertz CT molecular complexity index is 569. The van der Waals surface area contributed by atoms with E-state index in [1.165, 1.54) is 0 Å². The SMILES string of the molecule is CCC(C)(CCBr)NC(=O)c1cc(F)c(F)cc1[N+](=O)[O-]. The maximum Gasteiger partial charge on any atom is 0.285 e. The number of carbonyl (C=O) groups excluding carboxylic acids is 1. The number of nitro benzene ring substituents is 1. The molecule has 0 aliphatic rings. The van der Waals surface area contributed by atoms with Crippen molar-refractivity contribution in [1.82, 2.24) is 5.32 Å². The molecule has 0 spiro atoms. The van der Waals surface area contributed by atoms with E-state index in [-0.39, 0.29) is 0 Å². The Hall–Kier alpha value is -1.57. The molecule has 21 heavy (non-hydrogen) atoms. The first-order valence-corrected chi connectivity index (χ1v) is 7.38. The van der Waals surface area contributed by atoms with Gasteiger partial charge in [0.2, 0.25) is 0 Å². The molecule has 0 fully saturated rings. The third kappa shape index (κ3) is 4.20. The summed E-state index contributed by atoms with van der Waals surface area (Å²) in [5, 5.41) is 14.1. The number of amides is 1. The minimum Gasteiger partial charge on any atom is -0.347 e. The second-order valence-corrected chi connectivity index (χ2v) is 5.64. The van der Waals surface area contributed by atoms with E-state index in [1.807, 2.05) is 6.92 Å². The van der Waals surface area contributed by atoms with Crippen molar-refractivity contribution in [3.8, 4) is 0 Å². The average molecular weight is 365 g/mol. The molecule has 1 atom stereocenters. The first-order chi connectivity index (χ1) is 9.74. The maximum absolute atomic E-state index is 13.3. The van der Waals surface area contributed by atoms with Gasteiger partial charge < -0.3 is 5.32 Å². The van der Waals surface area contributed by atoms with Crippen LogP contribution in [0.25, 0.3) is 0 Å². The van der Waals surface area contributed by atoms with Crippen molar-refractivity contribution in [3.63, 3.8) is 0 Å². The number of hydrogen-bond acceptors (Lipinski definition) is 3. The summed E-state index contributed by atoms with van der Waals surface area (Å²) in [6.45, 7) is 3.63. The lowest BCUT2D eigenvalue weighted by Crippen LogP contribution is -2.46. The molecule has 0 heterocycles. The lowest BCUT2D eigenvalue weighted by atomic mass is 9.95. The van der Waals surface area contributed by atoms with Crippen LogP contribution in [0.3, 0.4) is 0 Å². The topological polar surface area (TPSA) is 72.2 Å². The highest BCUT2D eigenvalue weighted by Crippen LogP contribution is 2.24. The molecule has 0 radical (unpaired) electrons. The molecule has 8 heteroatoms. The molecular weight excluding hydrogens is 350 g/mol. The molecule has 1 N–H and O–H groups in total. The second-order valence-electron chi connectivity index (χ2n) is 4.85. The molecule has 0 aliphatic heterocycles. The second kappa shape index (κ2) is 6.93. The summed E-state index contributed by atoms with van der Waals surface area (Å²) >= 11 is 3.26. The van der Waals surface area contributed by atoms with Crippen LogP contribution in [0, 0.1) is 21.7 Å². The normalized spacial score (nSPS) is 13.6. The van der Waals surface area contributed by atoms with E-state index in [4.69, 9.17) is 0 Å². The molecule has 5 nitrogen and oxygen atoms in total. The number of nitrogens with one attached hydrogen (secondary N) is 1. The van der Waals surface area contributed by atoms with Gasteiger partial charge in [0.25, 0.3) is 11.6 Å². The Kier molecular flexibility index (Phi) is 5.77. The molecule has 0 saturated heterocycles. The Morgan fingerprint density at radius 2 is 2.00 bits per heavy atom. The van der Waals surface area contributed by atoms with Crippen molar-refractivity contribution in [3.05, 3.63) is 39.4 Å². The van der Waals surface area contributed by atoms with E-state index in [2.05, 4.69) is 21.2 Å². The summed E-state index contributed by atoms with van der Waals surface area (Å²) < 4.78 is 26.4. The number of alkyl halides is 1. The predicted octanol–water partition coefficient (Wildman–Crippen LogP) is 3.56. The fourth-order valence-electron chi connectivity index (χ4n) is 1.75. The van der Waals surface area contributed by atoms with Crippen molar-refractivity contribution in [2.75, 3.05) is 5.33 Å². The van der Waals surface area contributed by atoms with E-state index in [9.17, 15) is 23.7 Å². The van der Waals surface area contributed by atoms with Crippen LogP contribution in [-0.2, 0) is 0 Å². The van der Waals surface area contributed by atoms with Crippen LogP contribution in [0.15, 0.2) is 12.1 Å². The van der Waals surface area contributed by atoms with Gasteiger partial charge in [-0.15, -0.1) is 0 Å². The summed E-state index contributed by atoms with van der Waals surface area (Å²) in [5.41, 5.74) is -1.85. The van der Waals surface area contributed by atoms with Gasteiger partial charge >= 0.3 is 0 Å². The summed E-state index contributed by atoms with van der Waals surface area (Å²) in [5.74, 6) is -3.47. The molecule has 0 aromatic heterocycles. The Morgan fingerprint density at radius 3 is 2.48 bits per heavy atom. The molecule has 0 saturated carbocycles. The fraction of sp³-hybridized carbons (Fsp3) is 0.462. The highest BCUT2D eigenvalue weighted by molar-refractivity contribution is 9.09. The quantitative estimate of drug-likeness (QED) is 0.476. The van der Waals surface area contributed by atoms with Crippen LogP contribution in [0.5, 0.6) is 0 Å². The molecule has 0 aliphatic carbocycles. The minimum absolute atomic E-state index is 0.415. The van der Waals surface area contributed by atoms with Crippen molar-refractivity contribution in [2.45, 2.75) is 32.2 Å². The molecule has 116 valence electrons. The number of hydrogen-bond donors (Lipinski definition) is 1. The van der Waals surface area contributed by atoms with Gasteiger partial charge in [0.05, 0.1) is 11.0 Å². The molecule has 1 amide bonds. The van der Waals surface area contributed by atoms with E-state index >= 15 is 0 Å². The largest absolute Gasteiger partial charge is 0.347 e. The van der Waals surface area contributed by atoms with Crippen molar-refractivity contribution in [2.24, 2.45) is 0 Å². The van der Waals surface area contributed by atoms with Crippen LogP contribution in [0.2, 0.25) is 0 Å². The van der Waals surface area contributed by atoms with Crippen LogP contribution in [0.1, 0.15) is 37.0 Å². The highest BCUT2D eigenvalue weighted by Gasteiger charge is 2.29. The van der Waals surface area contributed by atoms with Gasteiger partial charge in [0.1, 0.15) is 5.56 Å². The van der Waals surface area contributed by atoms with Crippen molar-refractivity contribution in [1.29, 1.82) is 0 Å². The predicted molar refractivity (Wildman–Crippen MR) is 77.6 cm³/mol. The number of carbonyl (C=O) groups is 1. The van der Waals surface area contributed by atoms with Crippen LogP contribution < -0.4 is 5.32 Å². The summed E-state index contributed by atoms with van der Waals surface area (Å²) in [7, 11) is 0. The smallest absolute Gasteiger partial charge is 0.285 e. The molecule has 1 aromatic carbocycles. The number of halogens is 3.